The molecule has 110 valence electrons. The van der Waals surface area contributed by atoms with Gasteiger partial charge in [0.1, 0.15) is 0 Å². The van der Waals surface area contributed by atoms with Gasteiger partial charge in [0.15, 0.2) is 0 Å². The molecule has 1 N–H and O–H groups in total. The molecule has 0 fully saturated rings. The van der Waals surface area contributed by atoms with E-state index in [9.17, 15) is 4.79 Å². The molecular formula is C18H22N2O. The molecule has 3 nitrogen and oxygen atoms in total. The van der Waals surface area contributed by atoms with Crippen molar-refractivity contribution >= 4 is 11.6 Å². The highest BCUT2D eigenvalue weighted by atomic mass is 16.2. The number of carbonyl (C=O) groups is 1. The first kappa shape index (κ1) is 16.6. The van der Waals surface area contributed by atoms with Gasteiger partial charge in [-0.3, -0.25) is 4.79 Å². The zero-order valence-electron chi connectivity index (χ0n) is 12.7. The van der Waals surface area contributed by atoms with Crippen LogP contribution in [0.1, 0.15) is 37.0 Å². The van der Waals surface area contributed by atoms with Crippen LogP contribution in [0.4, 0.5) is 0 Å². The molecule has 0 aliphatic carbocycles. The second-order valence-corrected chi connectivity index (χ2v) is 4.63. The van der Waals surface area contributed by atoms with Crippen LogP contribution >= 0.6 is 0 Å². The number of nitrogens with one attached hydrogen (secondary N) is 1. The summed E-state index contributed by atoms with van der Waals surface area (Å²) in [7, 11) is 0. The van der Waals surface area contributed by atoms with E-state index in [4.69, 9.17) is 0 Å². The van der Waals surface area contributed by atoms with Crippen LogP contribution in [-0.2, 0) is 0 Å². The molecule has 1 aromatic carbocycles. The molecule has 0 unspecified atom stereocenters. The lowest BCUT2D eigenvalue weighted by Gasteiger charge is -2.03. The van der Waals surface area contributed by atoms with Gasteiger partial charge in [0.25, 0.3) is 5.91 Å². The fourth-order valence-electron chi connectivity index (χ4n) is 1.65. The lowest BCUT2D eigenvalue weighted by Crippen LogP contribution is -2.18. The molecule has 3 heteroatoms. The molecule has 21 heavy (non-hydrogen) atoms. The third kappa shape index (κ3) is 6.52. The number of benzene rings is 1. The highest BCUT2D eigenvalue weighted by molar-refractivity contribution is 5.95. The molecule has 0 aromatic heterocycles. The molecule has 0 bridgehead atoms. The maximum Gasteiger partial charge on any atom is 0.271 e. The van der Waals surface area contributed by atoms with Gasteiger partial charge in [-0.05, 0) is 44.4 Å². The number of rotatable bonds is 7. The summed E-state index contributed by atoms with van der Waals surface area (Å²) in [6.45, 7) is 7.67. The number of hydrogen-bond acceptors (Lipinski definition) is 2. The molecule has 0 heterocycles. The van der Waals surface area contributed by atoms with Crippen molar-refractivity contribution in [3.63, 3.8) is 0 Å². The highest BCUT2D eigenvalue weighted by Gasteiger charge is 2.02. The predicted octanol–water partition coefficient (Wildman–Crippen LogP) is 4.26. The first-order valence-corrected chi connectivity index (χ1v) is 7.00. The van der Waals surface area contributed by atoms with Crippen LogP contribution in [0, 0.1) is 0 Å². The molecule has 0 aliphatic heterocycles. The van der Waals surface area contributed by atoms with Crippen LogP contribution in [0.25, 0.3) is 0 Å². The standard InChI is InChI=1S/C18H22N2O/c1-4-6-10-16(5-2)14-13-15(3)19-20-18(21)17-11-8-7-9-12-17/h4-12H,2,13-14H2,1,3H3,(H,20,21)/b6-4-,16-10+,19-15+. The Morgan fingerprint density at radius 3 is 2.62 bits per heavy atom. The summed E-state index contributed by atoms with van der Waals surface area (Å²) in [5.41, 5.74) is 5.21. The quantitative estimate of drug-likeness (QED) is 0.453. The van der Waals surface area contributed by atoms with Crippen molar-refractivity contribution in [2.24, 2.45) is 5.10 Å². The van der Waals surface area contributed by atoms with Gasteiger partial charge in [0.05, 0.1) is 0 Å². The maximum atomic E-state index is 11.8. The minimum Gasteiger partial charge on any atom is -0.267 e. The van der Waals surface area contributed by atoms with Crippen molar-refractivity contribution in [3.8, 4) is 0 Å². The van der Waals surface area contributed by atoms with Gasteiger partial charge in [0, 0.05) is 11.3 Å². The number of hydrogen-bond donors (Lipinski definition) is 1. The molecule has 0 aliphatic rings. The third-order valence-electron chi connectivity index (χ3n) is 2.92. The van der Waals surface area contributed by atoms with Gasteiger partial charge in [-0.2, -0.15) is 5.10 Å². The molecule has 0 saturated heterocycles. The lowest BCUT2D eigenvalue weighted by molar-refractivity contribution is 0.0954. The van der Waals surface area contributed by atoms with E-state index in [1.807, 2.05) is 56.4 Å². The van der Waals surface area contributed by atoms with Gasteiger partial charge in [-0.15, -0.1) is 0 Å². The summed E-state index contributed by atoms with van der Waals surface area (Å²) in [5, 5.41) is 4.12. The van der Waals surface area contributed by atoms with Gasteiger partial charge >= 0.3 is 0 Å². The van der Waals surface area contributed by atoms with Gasteiger partial charge in [-0.1, -0.05) is 49.1 Å². The van der Waals surface area contributed by atoms with E-state index >= 15 is 0 Å². The number of hydrazone groups is 1. The molecular weight excluding hydrogens is 260 g/mol. The second-order valence-electron chi connectivity index (χ2n) is 4.63. The van der Waals surface area contributed by atoms with E-state index in [2.05, 4.69) is 17.1 Å². The summed E-state index contributed by atoms with van der Waals surface area (Å²) in [4.78, 5) is 11.8. The van der Waals surface area contributed by atoms with Crippen molar-refractivity contribution in [2.75, 3.05) is 0 Å². The largest absolute Gasteiger partial charge is 0.271 e. The highest BCUT2D eigenvalue weighted by Crippen LogP contribution is 2.07. The van der Waals surface area contributed by atoms with Crippen molar-refractivity contribution < 1.29 is 4.79 Å². The molecule has 0 saturated carbocycles. The SMILES string of the molecule is C=C/C(=C\C=C/C)CC/C(C)=N/NC(=O)c1ccccc1. The summed E-state index contributed by atoms with van der Waals surface area (Å²) >= 11 is 0. The number of carbonyl (C=O) groups excluding carboxylic acids is 1. The van der Waals surface area contributed by atoms with Crippen molar-refractivity contribution in [3.05, 3.63) is 72.4 Å². The Balaban J connectivity index is 2.50. The van der Waals surface area contributed by atoms with Crippen LogP contribution < -0.4 is 5.43 Å². The molecule has 0 spiro atoms. The average molecular weight is 282 g/mol. The summed E-state index contributed by atoms with van der Waals surface area (Å²) < 4.78 is 0. The van der Waals surface area contributed by atoms with Gasteiger partial charge < -0.3 is 0 Å². The fraction of sp³-hybridized carbons (Fsp3) is 0.222. The zero-order chi connectivity index (χ0) is 15.5. The summed E-state index contributed by atoms with van der Waals surface area (Å²) in [6, 6.07) is 9.05. The van der Waals surface area contributed by atoms with Crippen molar-refractivity contribution in [1.29, 1.82) is 0 Å². The average Bonchev–Trinajstić information content (AvgIpc) is 2.53. The smallest absolute Gasteiger partial charge is 0.267 e. The van der Waals surface area contributed by atoms with Crippen molar-refractivity contribution in [2.45, 2.75) is 26.7 Å². The lowest BCUT2D eigenvalue weighted by atomic mass is 10.1. The predicted molar refractivity (Wildman–Crippen MR) is 89.3 cm³/mol. The molecule has 1 amide bonds. The normalized spacial score (nSPS) is 12.5. The van der Waals surface area contributed by atoms with E-state index in [1.54, 1.807) is 12.1 Å². The topological polar surface area (TPSA) is 41.5 Å². The van der Waals surface area contributed by atoms with E-state index < -0.39 is 0 Å². The monoisotopic (exact) mass is 282 g/mol. The Labute approximate surface area is 126 Å². The summed E-state index contributed by atoms with van der Waals surface area (Å²) in [5.74, 6) is -0.191. The molecule has 1 rings (SSSR count). The van der Waals surface area contributed by atoms with Crippen LogP contribution in [0.15, 0.2) is 71.9 Å². The van der Waals surface area contributed by atoms with Gasteiger partial charge in [0.2, 0.25) is 0 Å². The minimum atomic E-state index is -0.191. The maximum absolute atomic E-state index is 11.8. The van der Waals surface area contributed by atoms with Crippen LogP contribution in [0.5, 0.6) is 0 Å². The molecule has 0 atom stereocenters. The third-order valence-corrected chi connectivity index (χ3v) is 2.92. The number of amides is 1. The molecule has 1 aromatic rings. The van der Waals surface area contributed by atoms with E-state index in [1.165, 1.54) is 0 Å². The van der Waals surface area contributed by atoms with Crippen LogP contribution in [0.2, 0.25) is 0 Å². The Morgan fingerprint density at radius 2 is 2.00 bits per heavy atom. The Morgan fingerprint density at radius 1 is 1.29 bits per heavy atom. The van der Waals surface area contributed by atoms with E-state index in [-0.39, 0.29) is 5.91 Å². The number of nitrogens with zero attached hydrogens (tertiary/aromatic N) is 1. The van der Waals surface area contributed by atoms with Gasteiger partial charge in [-0.25, -0.2) is 5.43 Å². The minimum absolute atomic E-state index is 0.191. The molecule has 0 radical (unpaired) electrons. The first-order valence-electron chi connectivity index (χ1n) is 7.00. The Kier molecular flexibility index (Phi) is 7.51. The first-order chi connectivity index (χ1) is 10.2. The Bertz CT molecular complexity index is 554. The van der Waals surface area contributed by atoms with E-state index in [0.29, 0.717) is 5.56 Å². The fourth-order valence-corrected chi connectivity index (χ4v) is 1.65. The second kappa shape index (κ2) is 9.48. The Hall–Kier alpha value is -2.42. The van der Waals surface area contributed by atoms with E-state index in [0.717, 1.165) is 24.1 Å². The van der Waals surface area contributed by atoms with Crippen molar-refractivity contribution in [1.82, 2.24) is 5.43 Å². The summed E-state index contributed by atoms with van der Waals surface area (Å²) in [6.07, 6.45) is 9.47. The zero-order valence-corrected chi connectivity index (χ0v) is 12.7. The van der Waals surface area contributed by atoms with Crippen LogP contribution in [-0.4, -0.2) is 11.6 Å². The van der Waals surface area contributed by atoms with Crippen LogP contribution in [0.3, 0.4) is 0 Å². The number of allylic oxidation sites excluding steroid dienone is 5.